The Hall–Kier alpha value is -3.96. The Labute approximate surface area is 189 Å². The first-order valence-corrected chi connectivity index (χ1v) is 10.5. The molecule has 1 aliphatic carbocycles. The van der Waals surface area contributed by atoms with Gasteiger partial charge in [-0.2, -0.15) is 5.26 Å². The first-order chi connectivity index (χ1) is 15.6. The number of hydrogen-bond donors (Lipinski definition) is 2. The van der Waals surface area contributed by atoms with E-state index < -0.39 is 0 Å². The SMILES string of the molecule is N#Cc1ccc(NC2CC(c3nnc(-c4ccncn4)n3-c3ccccc3Cl)C2)c(O)c1. The summed E-state index contributed by atoms with van der Waals surface area (Å²) >= 11 is 6.52. The van der Waals surface area contributed by atoms with E-state index in [1.165, 1.54) is 12.4 Å². The van der Waals surface area contributed by atoms with Crippen LogP contribution in [0.5, 0.6) is 5.75 Å². The molecule has 1 fully saturated rings. The number of para-hydroxylation sites is 1. The second kappa shape index (κ2) is 8.29. The molecule has 0 amide bonds. The molecule has 0 aliphatic heterocycles. The molecule has 9 heteroatoms. The molecule has 8 nitrogen and oxygen atoms in total. The number of phenols is 1. The number of aromatic nitrogens is 5. The molecule has 2 aromatic heterocycles. The maximum absolute atomic E-state index is 10.2. The second-order valence-corrected chi connectivity index (χ2v) is 8.02. The molecular formula is C23H18ClN7O. The standard InChI is InChI=1S/C23H18ClN7O/c24-17-3-1-2-4-20(17)31-22(29-30-23(31)19-7-8-26-13-27-19)15-10-16(11-15)28-18-6-5-14(12-25)9-21(18)32/h1-9,13,15-16,28,32H,10-11H2. The lowest BCUT2D eigenvalue weighted by atomic mass is 9.79. The summed E-state index contributed by atoms with van der Waals surface area (Å²) in [4.78, 5) is 8.32. The summed E-state index contributed by atoms with van der Waals surface area (Å²) in [7, 11) is 0. The Morgan fingerprint density at radius 2 is 1.97 bits per heavy atom. The van der Waals surface area contributed by atoms with Gasteiger partial charge in [0.15, 0.2) is 5.82 Å². The molecule has 1 aliphatic rings. The Morgan fingerprint density at radius 1 is 1.12 bits per heavy atom. The highest BCUT2D eigenvalue weighted by molar-refractivity contribution is 6.32. The van der Waals surface area contributed by atoms with E-state index >= 15 is 0 Å². The van der Waals surface area contributed by atoms with Gasteiger partial charge >= 0.3 is 0 Å². The number of aromatic hydroxyl groups is 1. The molecule has 5 rings (SSSR count). The smallest absolute Gasteiger partial charge is 0.187 e. The van der Waals surface area contributed by atoms with Crippen molar-refractivity contribution in [2.24, 2.45) is 0 Å². The van der Waals surface area contributed by atoms with Crippen molar-refractivity contribution >= 4 is 17.3 Å². The minimum absolute atomic E-state index is 0.0674. The van der Waals surface area contributed by atoms with E-state index in [4.69, 9.17) is 16.9 Å². The lowest BCUT2D eigenvalue weighted by molar-refractivity contribution is 0.354. The summed E-state index contributed by atoms with van der Waals surface area (Å²) < 4.78 is 1.96. The van der Waals surface area contributed by atoms with Crippen LogP contribution in [-0.4, -0.2) is 35.9 Å². The minimum atomic E-state index is 0.0674. The van der Waals surface area contributed by atoms with Crippen molar-refractivity contribution in [2.75, 3.05) is 5.32 Å². The quantitative estimate of drug-likeness (QED) is 0.442. The summed E-state index contributed by atoms with van der Waals surface area (Å²) in [5.41, 5.74) is 2.49. The van der Waals surface area contributed by atoms with Crippen LogP contribution >= 0.6 is 11.6 Å². The summed E-state index contributed by atoms with van der Waals surface area (Å²) in [6, 6.07) is 16.4. The third kappa shape index (κ3) is 3.63. The number of nitrogens with one attached hydrogen (secondary N) is 1. The van der Waals surface area contributed by atoms with Crippen LogP contribution in [-0.2, 0) is 0 Å². The van der Waals surface area contributed by atoms with Crippen LogP contribution in [0.15, 0.2) is 61.1 Å². The third-order valence-corrected chi connectivity index (χ3v) is 5.90. The third-order valence-electron chi connectivity index (χ3n) is 5.58. The molecule has 0 bridgehead atoms. The normalized spacial score (nSPS) is 17.4. The summed E-state index contributed by atoms with van der Waals surface area (Å²) in [6.07, 6.45) is 4.77. The first-order valence-electron chi connectivity index (χ1n) is 10.1. The fourth-order valence-corrected chi connectivity index (χ4v) is 4.13. The van der Waals surface area contributed by atoms with Gasteiger partial charge in [-0.15, -0.1) is 10.2 Å². The Kier molecular flexibility index (Phi) is 5.17. The van der Waals surface area contributed by atoms with Gasteiger partial charge in [0.1, 0.15) is 23.6 Å². The van der Waals surface area contributed by atoms with E-state index in [0.29, 0.717) is 27.8 Å². The van der Waals surface area contributed by atoms with Crippen LogP contribution in [0.1, 0.15) is 30.1 Å². The van der Waals surface area contributed by atoms with Gasteiger partial charge in [-0.3, -0.25) is 4.57 Å². The molecular weight excluding hydrogens is 426 g/mol. The summed E-state index contributed by atoms with van der Waals surface area (Å²) in [5.74, 6) is 1.65. The van der Waals surface area contributed by atoms with E-state index in [1.54, 1.807) is 24.4 Å². The maximum Gasteiger partial charge on any atom is 0.187 e. The Bertz CT molecular complexity index is 1310. The summed E-state index contributed by atoms with van der Waals surface area (Å²) in [5, 5.41) is 32.0. The monoisotopic (exact) mass is 443 g/mol. The van der Waals surface area contributed by atoms with Crippen LogP contribution in [0.2, 0.25) is 5.02 Å². The molecule has 2 heterocycles. The minimum Gasteiger partial charge on any atom is -0.506 e. The number of phenolic OH excluding ortho intramolecular Hbond substituents is 1. The van der Waals surface area contributed by atoms with Gasteiger partial charge < -0.3 is 10.4 Å². The van der Waals surface area contributed by atoms with Gasteiger partial charge in [-0.25, -0.2) is 9.97 Å². The number of nitrogens with zero attached hydrogens (tertiary/aromatic N) is 6. The molecule has 0 radical (unpaired) electrons. The molecule has 1 saturated carbocycles. The number of benzene rings is 2. The lowest BCUT2D eigenvalue weighted by Crippen LogP contribution is -2.35. The first kappa shape index (κ1) is 20.0. The second-order valence-electron chi connectivity index (χ2n) is 7.62. The van der Waals surface area contributed by atoms with Gasteiger partial charge in [0.25, 0.3) is 0 Å². The Balaban J connectivity index is 1.42. The molecule has 0 atom stereocenters. The van der Waals surface area contributed by atoms with Crippen molar-refractivity contribution in [3.8, 4) is 29.0 Å². The zero-order valence-electron chi connectivity index (χ0n) is 16.9. The van der Waals surface area contributed by atoms with Crippen LogP contribution in [0.25, 0.3) is 17.2 Å². The van der Waals surface area contributed by atoms with E-state index in [9.17, 15) is 5.11 Å². The van der Waals surface area contributed by atoms with Crippen LogP contribution in [0, 0.1) is 11.3 Å². The van der Waals surface area contributed by atoms with Gasteiger partial charge in [-0.05, 0) is 49.2 Å². The van der Waals surface area contributed by atoms with Crippen molar-refractivity contribution in [1.29, 1.82) is 5.26 Å². The number of nitriles is 1. The molecule has 158 valence electrons. The van der Waals surface area contributed by atoms with Crippen LogP contribution in [0.3, 0.4) is 0 Å². The topological polar surface area (TPSA) is 113 Å². The maximum atomic E-state index is 10.2. The predicted molar refractivity (Wildman–Crippen MR) is 120 cm³/mol. The molecule has 0 saturated heterocycles. The van der Waals surface area contributed by atoms with Gasteiger partial charge in [-0.1, -0.05) is 23.7 Å². The highest BCUT2D eigenvalue weighted by atomic mass is 35.5. The molecule has 2 aromatic carbocycles. The fourth-order valence-electron chi connectivity index (χ4n) is 3.91. The predicted octanol–water partition coefficient (Wildman–Crippen LogP) is 4.31. The van der Waals surface area contributed by atoms with Crippen LogP contribution in [0.4, 0.5) is 5.69 Å². The van der Waals surface area contributed by atoms with Crippen molar-refractivity contribution in [2.45, 2.75) is 24.8 Å². The van der Waals surface area contributed by atoms with E-state index in [2.05, 4.69) is 25.5 Å². The lowest BCUT2D eigenvalue weighted by Gasteiger charge is -2.36. The molecule has 0 spiro atoms. The van der Waals surface area contributed by atoms with Crippen molar-refractivity contribution < 1.29 is 5.11 Å². The number of hydrogen-bond acceptors (Lipinski definition) is 7. The molecule has 32 heavy (non-hydrogen) atoms. The van der Waals surface area contributed by atoms with E-state index in [0.717, 1.165) is 24.4 Å². The largest absolute Gasteiger partial charge is 0.506 e. The zero-order chi connectivity index (χ0) is 22.1. The number of rotatable bonds is 5. The van der Waals surface area contributed by atoms with Gasteiger partial charge in [0.2, 0.25) is 0 Å². The number of halogens is 1. The highest BCUT2D eigenvalue weighted by Crippen LogP contribution is 2.41. The fraction of sp³-hybridized carbons (Fsp3) is 0.174. The molecule has 4 aromatic rings. The van der Waals surface area contributed by atoms with Gasteiger partial charge in [0, 0.05) is 18.2 Å². The average Bonchev–Trinajstić information content (AvgIpc) is 3.22. The van der Waals surface area contributed by atoms with E-state index in [1.807, 2.05) is 34.9 Å². The van der Waals surface area contributed by atoms with Crippen molar-refractivity contribution in [3.05, 3.63) is 77.5 Å². The zero-order valence-corrected chi connectivity index (χ0v) is 17.6. The van der Waals surface area contributed by atoms with Gasteiger partial charge in [0.05, 0.1) is 28.0 Å². The average molecular weight is 444 g/mol. The van der Waals surface area contributed by atoms with E-state index in [-0.39, 0.29) is 17.7 Å². The summed E-state index contributed by atoms with van der Waals surface area (Å²) in [6.45, 7) is 0. The van der Waals surface area contributed by atoms with Crippen molar-refractivity contribution in [1.82, 2.24) is 24.7 Å². The number of anilines is 1. The Morgan fingerprint density at radius 3 is 2.69 bits per heavy atom. The molecule has 2 N–H and O–H groups in total. The molecule has 0 unspecified atom stereocenters. The van der Waals surface area contributed by atoms with Crippen molar-refractivity contribution in [3.63, 3.8) is 0 Å². The highest BCUT2D eigenvalue weighted by Gasteiger charge is 2.36. The van der Waals surface area contributed by atoms with Crippen LogP contribution < -0.4 is 5.32 Å².